The second kappa shape index (κ2) is 2.79. The van der Waals surface area contributed by atoms with Crippen LogP contribution in [0.5, 0.6) is 0 Å². The van der Waals surface area contributed by atoms with Crippen molar-refractivity contribution in [3.8, 4) is 0 Å². The Labute approximate surface area is 71.6 Å². The molecule has 1 atom stereocenters. The van der Waals surface area contributed by atoms with Crippen LogP contribution in [0.1, 0.15) is 0 Å². The lowest BCUT2D eigenvalue weighted by Crippen LogP contribution is -2.14. The summed E-state index contributed by atoms with van der Waals surface area (Å²) in [6.07, 6.45) is 3.39. The zero-order chi connectivity index (χ0) is 6.85. The zero-order valence-corrected chi connectivity index (χ0v) is 7.35. The highest BCUT2D eigenvalue weighted by molar-refractivity contribution is 14.1. The second-order valence-corrected chi connectivity index (χ2v) is 3.26. The maximum absolute atomic E-state index is 7.15. The number of aliphatic imine (C=N–C) groups is 1. The Balaban J connectivity index is 2.86. The molecule has 0 saturated carbocycles. The molecule has 0 amide bonds. The molecule has 0 fully saturated rings. The van der Waals surface area contributed by atoms with Crippen LogP contribution in [0.4, 0.5) is 0 Å². The van der Waals surface area contributed by atoms with Gasteiger partial charge in [0.15, 0.2) is 0 Å². The molecule has 1 aliphatic rings. The van der Waals surface area contributed by atoms with Crippen LogP contribution >= 0.6 is 34.2 Å². The predicted molar refractivity (Wildman–Crippen MR) is 48.0 cm³/mol. The molecular formula is C5H4ClIN2. The van der Waals surface area contributed by atoms with Gasteiger partial charge in [0, 0.05) is 9.79 Å². The van der Waals surface area contributed by atoms with Crippen molar-refractivity contribution in [3.63, 3.8) is 0 Å². The third kappa shape index (κ3) is 1.52. The van der Waals surface area contributed by atoms with Gasteiger partial charge in [-0.25, -0.2) is 4.99 Å². The number of hydrogen-bond acceptors (Lipinski definition) is 1. The van der Waals surface area contributed by atoms with E-state index in [1.54, 1.807) is 12.3 Å². The van der Waals surface area contributed by atoms with Crippen molar-refractivity contribution in [2.24, 2.45) is 4.99 Å². The lowest BCUT2D eigenvalue weighted by Gasteiger charge is -2.08. The van der Waals surface area contributed by atoms with Crippen molar-refractivity contribution in [2.75, 3.05) is 0 Å². The zero-order valence-electron chi connectivity index (χ0n) is 4.44. The van der Waals surface area contributed by atoms with Crippen LogP contribution in [0, 0.1) is 5.41 Å². The molecule has 0 aromatic heterocycles. The van der Waals surface area contributed by atoms with Crippen LogP contribution in [0.3, 0.4) is 0 Å². The van der Waals surface area contributed by atoms with E-state index in [1.807, 2.05) is 0 Å². The van der Waals surface area contributed by atoms with E-state index in [4.69, 9.17) is 17.0 Å². The molecule has 1 aliphatic heterocycles. The van der Waals surface area contributed by atoms with Gasteiger partial charge in [-0.1, -0.05) is 0 Å². The number of halogens is 2. The van der Waals surface area contributed by atoms with Gasteiger partial charge in [-0.2, -0.15) is 0 Å². The summed E-state index contributed by atoms with van der Waals surface area (Å²) in [5, 5.41) is 6.83. The Hall–Kier alpha value is 0.1000. The highest BCUT2D eigenvalue weighted by Gasteiger charge is 2.15. The summed E-state index contributed by atoms with van der Waals surface area (Å²) in [4.78, 5) is 3.71. The van der Waals surface area contributed by atoms with Crippen molar-refractivity contribution in [1.29, 1.82) is 5.41 Å². The molecule has 1 unspecified atom stereocenters. The molecule has 1 N–H and O–H groups in total. The van der Waals surface area contributed by atoms with E-state index >= 15 is 0 Å². The predicted octanol–water partition coefficient (Wildman–Crippen LogP) is 1.97. The van der Waals surface area contributed by atoms with Crippen LogP contribution in [-0.4, -0.2) is 17.4 Å². The number of dihydropyridines is 1. The highest BCUT2D eigenvalue weighted by atomic mass is 127. The van der Waals surface area contributed by atoms with Gasteiger partial charge < -0.3 is 0 Å². The lowest BCUT2D eigenvalue weighted by molar-refractivity contribution is 1.30. The Morgan fingerprint density at radius 2 is 2.44 bits per heavy atom. The molecule has 0 aromatic rings. The summed E-state index contributed by atoms with van der Waals surface area (Å²) in [5.74, 6) is 0.226. The van der Waals surface area contributed by atoms with Gasteiger partial charge >= 0.3 is 0 Å². The fourth-order valence-corrected chi connectivity index (χ4v) is 1.05. The van der Waals surface area contributed by atoms with Crippen molar-refractivity contribution in [1.82, 2.24) is 0 Å². The van der Waals surface area contributed by atoms with Gasteiger partial charge in [-0.3, -0.25) is 5.41 Å². The fraction of sp³-hybridized carbons (Fsp3) is 0.200. The summed E-state index contributed by atoms with van der Waals surface area (Å²) in [6.45, 7) is 0. The first-order valence-corrected chi connectivity index (χ1v) is 3.85. The number of alkyl halides is 1. The van der Waals surface area contributed by atoms with Crippen LogP contribution in [0.15, 0.2) is 14.6 Å². The average Bonchev–Trinajstić information content (AvgIpc) is 1.83. The SMILES string of the molecule is N=C1N=CC=C(I)C1Cl. The third-order valence-electron chi connectivity index (χ3n) is 0.930. The summed E-state index contributed by atoms with van der Waals surface area (Å²) >= 11 is 7.80. The van der Waals surface area contributed by atoms with Crippen LogP contribution in [0.25, 0.3) is 0 Å². The molecule has 0 bridgehead atoms. The van der Waals surface area contributed by atoms with E-state index in [0.29, 0.717) is 0 Å². The van der Waals surface area contributed by atoms with E-state index < -0.39 is 0 Å². The van der Waals surface area contributed by atoms with Crippen molar-refractivity contribution < 1.29 is 0 Å². The van der Waals surface area contributed by atoms with E-state index in [2.05, 4.69) is 27.6 Å². The van der Waals surface area contributed by atoms with E-state index in [9.17, 15) is 0 Å². The minimum atomic E-state index is -0.324. The fourth-order valence-electron chi connectivity index (χ4n) is 0.469. The molecule has 1 heterocycles. The first kappa shape index (κ1) is 7.21. The Morgan fingerprint density at radius 3 is 2.89 bits per heavy atom. The summed E-state index contributed by atoms with van der Waals surface area (Å²) < 4.78 is 0.953. The molecule has 48 valence electrons. The maximum Gasteiger partial charge on any atom is 0.143 e. The van der Waals surface area contributed by atoms with E-state index in [0.717, 1.165) is 3.58 Å². The topological polar surface area (TPSA) is 36.2 Å². The average molecular weight is 254 g/mol. The molecule has 2 nitrogen and oxygen atoms in total. The first-order valence-electron chi connectivity index (χ1n) is 2.34. The van der Waals surface area contributed by atoms with Gasteiger partial charge in [-0.05, 0) is 28.7 Å². The minimum absolute atomic E-state index is 0.226. The number of allylic oxidation sites excluding steroid dienone is 1. The standard InChI is InChI=1S/C5H4ClIN2/c6-4-3(7)1-2-9-5(4)8/h1-2,4,8H. The Morgan fingerprint density at radius 1 is 1.78 bits per heavy atom. The maximum atomic E-state index is 7.15. The monoisotopic (exact) mass is 254 g/mol. The van der Waals surface area contributed by atoms with Crippen LogP contribution in [-0.2, 0) is 0 Å². The van der Waals surface area contributed by atoms with Gasteiger partial charge in [0.05, 0.1) is 0 Å². The lowest BCUT2D eigenvalue weighted by atomic mass is 10.3. The number of hydrogen-bond donors (Lipinski definition) is 1. The summed E-state index contributed by atoms with van der Waals surface area (Å²) in [5.41, 5.74) is 0. The smallest absolute Gasteiger partial charge is 0.143 e. The molecule has 0 radical (unpaired) electrons. The molecule has 0 aliphatic carbocycles. The minimum Gasteiger partial charge on any atom is -0.285 e. The molecule has 0 spiro atoms. The number of amidine groups is 1. The molecule has 1 rings (SSSR count). The van der Waals surface area contributed by atoms with Crippen molar-refractivity contribution in [3.05, 3.63) is 9.66 Å². The number of nitrogens with zero attached hydrogens (tertiary/aromatic N) is 1. The van der Waals surface area contributed by atoms with E-state index in [-0.39, 0.29) is 11.2 Å². The van der Waals surface area contributed by atoms with Gasteiger partial charge in [0.1, 0.15) is 11.2 Å². The summed E-state index contributed by atoms with van der Waals surface area (Å²) in [7, 11) is 0. The summed E-state index contributed by atoms with van der Waals surface area (Å²) in [6, 6.07) is 0. The third-order valence-corrected chi connectivity index (χ3v) is 2.72. The van der Waals surface area contributed by atoms with Gasteiger partial charge in [-0.15, -0.1) is 11.6 Å². The van der Waals surface area contributed by atoms with Gasteiger partial charge in [0.25, 0.3) is 0 Å². The first-order chi connectivity index (χ1) is 4.22. The number of nitrogens with one attached hydrogen (secondary N) is 1. The molecule has 9 heavy (non-hydrogen) atoms. The van der Waals surface area contributed by atoms with Gasteiger partial charge in [0.2, 0.25) is 0 Å². The molecule has 0 saturated heterocycles. The van der Waals surface area contributed by atoms with Crippen molar-refractivity contribution >= 4 is 46.2 Å². The van der Waals surface area contributed by atoms with Crippen molar-refractivity contribution in [2.45, 2.75) is 5.38 Å². The van der Waals surface area contributed by atoms with Crippen LogP contribution in [0.2, 0.25) is 0 Å². The quantitative estimate of drug-likeness (QED) is 0.507. The second-order valence-electron chi connectivity index (χ2n) is 1.58. The largest absolute Gasteiger partial charge is 0.285 e. The van der Waals surface area contributed by atoms with E-state index in [1.165, 1.54) is 0 Å². The number of rotatable bonds is 0. The molecule has 0 aromatic carbocycles. The molecule has 4 heteroatoms. The highest BCUT2D eigenvalue weighted by Crippen LogP contribution is 2.20. The molecular weight excluding hydrogens is 250 g/mol. The Kier molecular flexibility index (Phi) is 2.23. The van der Waals surface area contributed by atoms with Crippen LogP contribution < -0.4 is 0 Å². The Bertz CT molecular complexity index is 197. The normalized spacial score (nSPS) is 26.2.